The van der Waals surface area contributed by atoms with E-state index < -0.39 is 74.7 Å². The number of amides is 4. The number of carboxylic acid groups (broad SMARTS) is 1. The van der Waals surface area contributed by atoms with Crippen LogP contribution in [0.4, 0.5) is 4.79 Å². The van der Waals surface area contributed by atoms with Crippen molar-refractivity contribution < 1.29 is 37.4 Å². The van der Waals surface area contributed by atoms with Crippen LogP contribution in [-0.2, 0) is 31.0 Å². The molecule has 2 aliphatic carbocycles. The molecule has 2 aliphatic heterocycles. The van der Waals surface area contributed by atoms with Gasteiger partial charge in [-0.15, -0.1) is 5.10 Å². The van der Waals surface area contributed by atoms with Crippen molar-refractivity contribution in [3.05, 3.63) is 46.8 Å². The fourth-order valence-electron chi connectivity index (χ4n) is 7.29. The van der Waals surface area contributed by atoms with Gasteiger partial charge in [0.1, 0.15) is 23.7 Å². The summed E-state index contributed by atoms with van der Waals surface area (Å²) in [4.78, 5) is 68.4. The minimum Gasteiger partial charge on any atom is -0.471 e. The van der Waals surface area contributed by atoms with Gasteiger partial charge in [-0.25, -0.2) is 17.9 Å². The number of ether oxygens (including phenoxy) is 1. The molecule has 0 spiro atoms. The van der Waals surface area contributed by atoms with Crippen LogP contribution in [0.3, 0.4) is 0 Å². The Hall–Kier alpha value is -4.47. The molecule has 2 saturated carbocycles. The average molecular weight is 713 g/mol. The van der Waals surface area contributed by atoms with Crippen molar-refractivity contribution >= 4 is 44.6 Å². The molecule has 4 amide bonds. The van der Waals surface area contributed by atoms with Crippen molar-refractivity contribution in [1.82, 2.24) is 30.0 Å². The minimum absolute atomic E-state index is 0.0397. The molecule has 3 heterocycles. The first-order valence-corrected chi connectivity index (χ1v) is 18.8. The third-order valence-electron chi connectivity index (χ3n) is 10.3. The number of carbonyl (C=O) groups is 4. The highest BCUT2D eigenvalue weighted by Gasteiger charge is 2.62. The van der Waals surface area contributed by atoms with E-state index in [0.717, 1.165) is 6.42 Å². The molecule has 1 aromatic heterocycles. The quantitative estimate of drug-likeness (QED) is 0.307. The van der Waals surface area contributed by atoms with E-state index in [1.807, 2.05) is 19.1 Å². The summed E-state index contributed by atoms with van der Waals surface area (Å²) in [5.41, 5.74) is -1.84. The first kappa shape index (κ1) is 35.4. The number of allylic oxidation sites excluding steroid dienone is 1. The van der Waals surface area contributed by atoms with Crippen molar-refractivity contribution in [1.29, 1.82) is 0 Å². The lowest BCUT2D eigenvalue weighted by Gasteiger charge is -2.32. The maximum atomic E-state index is 14.3. The van der Waals surface area contributed by atoms with Crippen LogP contribution >= 0.6 is 0 Å². The van der Waals surface area contributed by atoms with Crippen LogP contribution in [0.25, 0.3) is 10.8 Å². The highest BCUT2D eigenvalue weighted by Crippen LogP contribution is 2.46. The third kappa shape index (κ3) is 7.07. The number of fused-ring (bicyclic) bond motifs is 3. The molecule has 0 radical (unpaired) electrons. The lowest BCUT2D eigenvalue weighted by atomic mass is 9.88. The second-order valence-electron chi connectivity index (χ2n) is 14.2. The monoisotopic (exact) mass is 712 g/mol. The minimum atomic E-state index is -3.91. The zero-order chi connectivity index (χ0) is 36.0. The maximum absolute atomic E-state index is 14.3. The van der Waals surface area contributed by atoms with Crippen LogP contribution in [-0.4, -0.2) is 87.5 Å². The van der Waals surface area contributed by atoms with Crippen LogP contribution in [0, 0.1) is 17.8 Å². The van der Waals surface area contributed by atoms with Gasteiger partial charge in [0.25, 0.3) is 11.5 Å². The van der Waals surface area contributed by atoms with Gasteiger partial charge in [-0.2, -0.15) is 0 Å². The maximum Gasteiger partial charge on any atom is 0.405 e. The van der Waals surface area contributed by atoms with Gasteiger partial charge < -0.3 is 25.4 Å². The molecule has 7 atom stereocenters. The Bertz CT molecular complexity index is 1890. The molecule has 6 rings (SSSR count). The Morgan fingerprint density at radius 1 is 1.10 bits per heavy atom. The molecule has 0 bridgehead atoms. The second-order valence-corrected chi connectivity index (χ2v) is 16.1. The Kier molecular flexibility index (Phi) is 9.68. The summed E-state index contributed by atoms with van der Waals surface area (Å²) in [6.07, 6.45) is 4.49. The normalized spacial score (nSPS) is 30.3. The van der Waals surface area contributed by atoms with Gasteiger partial charge in [0.05, 0.1) is 22.6 Å². The van der Waals surface area contributed by atoms with Gasteiger partial charge in [-0.05, 0) is 69.4 Å². The molecule has 4 aliphatic rings. The van der Waals surface area contributed by atoms with E-state index >= 15 is 0 Å². The highest BCUT2D eigenvalue weighted by atomic mass is 32.2. The number of carbonyl (C=O) groups excluding carboxylic acids is 3. The predicted octanol–water partition coefficient (Wildman–Crippen LogP) is 1.90. The van der Waals surface area contributed by atoms with E-state index in [0.29, 0.717) is 36.5 Å². The summed E-state index contributed by atoms with van der Waals surface area (Å²) >= 11 is 0. The van der Waals surface area contributed by atoms with E-state index in [9.17, 15) is 37.5 Å². The summed E-state index contributed by atoms with van der Waals surface area (Å²) < 4.78 is 35.3. The lowest BCUT2D eigenvalue weighted by molar-refractivity contribution is -0.142. The number of rotatable bonds is 7. The molecule has 3 fully saturated rings. The molecule has 16 heteroatoms. The molecule has 1 aromatic carbocycles. The Labute approximate surface area is 289 Å². The van der Waals surface area contributed by atoms with E-state index in [1.165, 1.54) is 9.58 Å². The number of aryl methyl sites for hydroxylation is 1. The summed E-state index contributed by atoms with van der Waals surface area (Å²) in [6, 6.07) is 4.44. The number of aromatic nitrogens is 2. The first-order chi connectivity index (χ1) is 23.7. The molecule has 50 heavy (non-hydrogen) atoms. The molecule has 270 valence electrons. The molecule has 1 saturated heterocycles. The smallest absolute Gasteiger partial charge is 0.405 e. The van der Waals surface area contributed by atoms with Crippen LogP contribution in [0.1, 0.15) is 65.7 Å². The molecule has 4 N–H and O–H groups in total. The fraction of sp³-hybridized carbons (Fsp3) is 0.588. The van der Waals surface area contributed by atoms with E-state index in [1.54, 1.807) is 38.1 Å². The summed E-state index contributed by atoms with van der Waals surface area (Å²) in [5, 5.41) is 19.5. The fourth-order valence-corrected chi connectivity index (χ4v) is 8.66. The van der Waals surface area contributed by atoms with Crippen molar-refractivity contribution in [3.8, 4) is 5.88 Å². The van der Waals surface area contributed by atoms with Crippen molar-refractivity contribution in [2.24, 2.45) is 17.8 Å². The number of hydrogen-bond donors (Lipinski definition) is 4. The molecule has 2 aromatic rings. The predicted molar refractivity (Wildman–Crippen MR) is 182 cm³/mol. The van der Waals surface area contributed by atoms with E-state index in [4.69, 9.17) is 4.74 Å². The van der Waals surface area contributed by atoms with Gasteiger partial charge in [-0.1, -0.05) is 38.1 Å². The van der Waals surface area contributed by atoms with Gasteiger partial charge >= 0.3 is 6.09 Å². The zero-order valence-electron chi connectivity index (χ0n) is 28.3. The number of nitrogens with one attached hydrogen (secondary N) is 3. The van der Waals surface area contributed by atoms with E-state index in [-0.39, 0.29) is 43.3 Å². The summed E-state index contributed by atoms with van der Waals surface area (Å²) in [6.45, 7) is 5.73. The Morgan fingerprint density at radius 2 is 1.82 bits per heavy atom. The topological polar surface area (TPSA) is 206 Å². The van der Waals surface area contributed by atoms with Crippen LogP contribution < -0.4 is 25.7 Å². The van der Waals surface area contributed by atoms with Crippen molar-refractivity contribution in [2.45, 2.75) is 101 Å². The van der Waals surface area contributed by atoms with Gasteiger partial charge in [-0.3, -0.25) is 23.9 Å². The summed E-state index contributed by atoms with van der Waals surface area (Å²) in [7, 11) is -3.91. The van der Waals surface area contributed by atoms with Crippen LogP contribution in [0.2, 0.25) is 0 Å². The zero-order valence-corrected chi connectivity index (χ0v) is 29.1. The molecular weight excluding hydrogens is 668 g/mol. The Morgan fingerprint density at radius 3 is 2.50 bits per heavy atom. The summed E-state index contributed by atoms with van der Waals surface area (Å²) in [5.74, 6) is -2.79. The van der Waals surface area contributed by atoms with Gasteiger partial charge in [0.15, 0.2) is 0 Å². The van der Waals surface area contributed by atoms with E-state index in [2.05, 4.69) is 20.5 Å². The number of hydrogen-bond acceptors (Lipinski definition) is 9. The van der Waals surface area contributed by atoms with Gasteiger partial charge in [0, 0.05) is 18.9 Å². The number of nitrogens with zero attached hydrogens (tertiary/aromatic N) is 3. The first-order valence-electron chi connectivity index (χ1n) is 17.2. The molecule has 0 unspecified atom stereocenters. The second kappa shape index (κ2) is 13.7. The highest BCUT2D eigenvalue weighted by molar-refractivity contribution is 7.91. The standard InChI is InChI=1S/C34H44N6O9S/c1-4-40-30(42)25-12-8-7-11-24(25)29(37-40)49-22-16-26-28(41)36-34(32(44)38-50(47,48)23-13-14-23)17-21(34)10-6-5-9-19(2)15-20(3)27(35-33(45)46)31(43)39(26)18-22/h6-8,10-12,19-23,26-27,35H,4-5,9,13-18H2,1-3H3,(H,36,41)(H,38,44)(H,45,46)/t19-,20-,21-,22-,26+,27+,34-/m1/s1. The van der Waals surface area contributed by atoms with Crippen molar-refractivity contribution in [3.63, 3.8) is 0 Å². The third-order valence-corrected chi connectivity index (χ3v) is 12.1. The van der Waals surface area contributed by atoms with Crippen LogP contribution in [0.5, 0.6) is 5.88 Å². The average Bonchev–Trinajstić information content (AvgIpc) is 3.99. The molecule has 15 nitrogen and oxygen atoms in total. The number of sulfonamides is 1. The van der Waals surface area contributed by atoms with Crippen LogP contribution in [0.15, 0.2) is 41.2 Å². The van der Waals surface area contributed by atoms with Crippen molar-refractivity contribution in [2.75, 3.05) is 6.54 Å². The van der Waals surface area contributed by atoms with Gasteiger partial charge in [0.2, 0.25) is 27.7 Å². The lowest BCUT2D eigenvalue weighted by Crippen LogP contribution is -2.59. The molecular formula is C34H44N6O9S. The SMILES string of the molecule is CCn1nc(O[C@@H]2C[C@H]3C(=O)N[C@]4(C(=O)NS(=O)(=O)C5CC5)C[C@H]4C=CCC[C@@H](C)C[C@@H](C)[C@H](NC(=O)O)C(=O)N3C2)c2ccccc2c1=O. The Balaban J connectivity index is 1.36. The largest absolute Gasteiger partial charge is 0.471 e. The number of benzene rings is 1.